The van der Waals surface area contributed by atoms with Gasteiger partial charge < -0.3 is 10.1 Å². The summed E-state index contributed by atoms with van der Waals surface area (Å²) in [5.41, 5.74) is 1.17. The van der Waals surface area contributed by atoms with E-state index in [1.54, 1.807) is 41.3 Å². The quantitative estimate of drug-likeness (QED) is 0.571. The number of carbonyl (C=O) groups excluding carboxylic acids is 1. The van der Waals surface area contributed by atoms with Gasteiger partial charge in [0.1, 0.15) is 12.4 Å². The fourth-order valence-electron chi connectivity index (χ4n) is 2.56. The third-order valence-electron chi connectivity index (χ3n) is 3.93. The molecule has 0 bridgehead atoms. The van der Waals surface area contributed by atoms with E-state index in [4.69, 9.17) is 16.3 Å². The van der Waals surface area contributed by atoms with Gasteiger partial charge in [-0.1, -0.05) is 23.7 Å². The molecule has 0 saturated heterocycles. The number of carbonyl (C=O) groups is 1. The summed E-state index contributed by atoms with van der Waals surface area (Å²) in [6.07, 6.45) is 3.98. The Labute approximate surface area is 165 Å². The molecular weight excluding hydrogens is 388 g/mol. The summed E-state index contributed by atoms with van der Waals surface area (Å²) >= 11 is 5.80. The number of nitrogens with zero attached hydrogens (tertiary/aromatic N) is 2. The molecule has 146 valence electrons. The number of aryl methyl sites for hydroxylation is 1. The van der Waals surface area contributed by atoms with E-state index in [9.17, 15) is 13.6 Å². The fraction of sp³-hybridized carbons (Fsp3) is 0.200. The monoisotopic (exact) mass is 405 g/mol. The first kappa shape index (κ1) is 19.8. The van der Waals surface area contributed by atoms with Crippen LogP contribution >= 0.6 is 11.6 Å². The van der Waals surface area contributed by atoms with Gasteiger partial charge in [0.2, 0.25) is 0 Å². The van der Waals surface area contributed by atoms with Gasteiger partial charge in [0, 0.05) is 30.9 Å². The molecule has 0 atom stereocenters. The van der Waals surface area contributed by atoms with Gasteiger partial charge in [-0.15, -0.1) is 0 Å². The van der Waals surface area contributed by atoms with E-state index in [-0.39, 0.29) is 18.3 Å². The van der Waals surface area contributed by atoms with Crippen LogP contribution in [0.25, 0.3) is 0 Å². The highest BCUT2D eigenvalue weighted by Gasteiger charge is 2.08. The van der Waals surface area contributed by atoms with Crippen LogP contribution in [-0.4, -0.2) is 22.2 Å². The summed E-state index contributed by atoms with van der Waals surface area (Å²) < 4.78 is 33.6. The molecule has 1 N–H and O–H groups in total. The molecule has 0 spiro atoms. The normalized spacial score (nSPS) is 10.7. The van der Waals surface area contributed by atoms with Crippen molar-refractivity contribution in [3.8, 4) is 5.75 Å². The highest BCUT2D eigenvalue weighted by Crippen LogP contribution is 2.19. The molecule has 0 aliphatic heterocycles. The first-order chi connectivity index (χ1) is 13.5. The lowest BCUT2D eigenvalue weighted by Gasteiger charge is -2.09. The van der Waals surface area contributed by atoms with Crippen molar-refractivity contribution in [1.82, 2.24) is 15.1 Å². The van der Waals surface area contributed by atoms with Crippen molar-refractivity contribution in [3.05, 3.63) is 82.6 Å². The zero-order valence-electron chi connectivity index (χ0n) is 14.9. The van der Waals surface area contributed by atoms with Crippen LogP contribution in [0.15, 0.2) is 54.9 Å². The van der Waals surface area contributed by atoms with Crippen molar-refractivity contribution < 1.29 is 18.3 Å². The van der Waals surface area contributed by atoms with E-state index in [0.29, 0.717) is 35.7 Å². The number of benzene rings is 2. The summed E-state index contributed by atoms with van der Waals surface area (Å²) in [7, 11) is 0. The smallest absolute Gasteiger partial charge is 0.251 e. The number of halogens is 3. The predicted octanol–water partition coefficient (Wildman–Crippen LogP) is 4.21. The van der Waals surface area contributed by atoms with Crippen molar-refractivity contribution in [2.75, 3.05) is 6.54 Å². The van der Waals surface area contributed by atoms with E-state index in [0.717, 1.165) is 12.1 Å². The van der Waals surface area contributed by atoms with Crippen molar-refractivity contribution in [3.63, 3.8) is 0 Å². The molecular formula is C20H18ClF2N3O2. The van der Waals surface area contributed by atoms with Crippen LogP contribution in [0.5, 0.6) is 5.75 Å². The minimum Gasteiger partial charge on any atom is -0.486 e. The van der Waals surface area contributed by atoms with Crippen LogP contribution in [0.2, 0.25) is 5.02 Å². The lowest BCUT2D eigenvalue weighted by molar-refractivity contribution is 0.0952. The van der Waals surface area contributed by atoms with Crippen LogP contribution in [0.3, 0.4) is 0 Å². The molecule has 2 aromatic carbocycles. The van der Waals surface area contributed by atoms with Gasteiger partial charge in [-0.25, -0.2) is 8.78 Å². The van der Waals surface area contributed by atoms with Crippen molar-refractivity contribution in [2.24, 2.45) is 0 Å². The average Bonchev–Trinajstić information content (AvgIpc) is 3.10. The first-order valence-electron chi connectivity index (χ1n) is 8.64. The molecule has 0 radical (unpaired) electrons. The lowest BCUT2D eigenvalue weighted by Crippen LogP contribution is -2.25. The number of rotatable bonds is 8. The van der Waals surface area contributed by atoms with Crippen LogP contribution in [0.1, 0.15) is 22.3 Å². The molecule has 0 saturated carbocycles. The minimum atomic E-state index is -0.771. The number of nitrogens with one attached hydrogen (secondary N) is 1. The van der Waals surface area contributed by atoms with Gasteiger partial charge in [-0.05, 0) is 36.2 Å². The van der Waals surface area contributed by atoms with Crippen molar-refractivity contribution >= 4 is 17.5 Å². The Hall–Kier alpha value is -2.93. The number of hydrogen-bond donors (Lipinski definition) is 1. The second kappa shape index (κ2) is 9.32. The maximum absolute atomic E-state index is 13.6. The van der Waals surface area contributed by atoms with Crippen LogP contribution in [0.4, 0.5) is 8.78 Å². The van der Waals surface area contributed by atoms with Crippen molar-refractivity contribution in [2.45, 2.75) is 19.6 Å². The topological polar surface area (TPSA) is 56.2 Å². The molecule has 0 aliphatic carbocycles. The zero-order valence-corrected chi connectivity index (χ0v) is 15.6. The van der Waals surface area contributed by atoms with Gasteiger partial charge in [0.05, 0.1) is 11.2 Å². The highest BCUT2D eigenvalue weighted by molar-refractivity contribution is 6.30. The second-order valence-corrected chi connectivity index (χ2v) is 6.53. The fourth-order valence-corrected chi connectivity index (χ4v) is 2.72. The Morgan fingerprint density at radius 2 is 2.07 bits per heavy atom. The molecule has 3 aromatic rings. The van der Waals surface area contributed by atoms with Crippen LogP contribution < -0.4 is 10.1 Å². The molecule has 0 unspecified atom stereocenters. The highest BCUT2D eigenvalue weighted by atomic mass is 35.5. The van der Waals surface area contributed by atoms with E-state index in [1.807, 2.05) is 0 Å². The SMILES string of the molecule is O=C(NCCCn1cc(Cl)cn1)c1cccc(COc2ccc(F)cc2F)c1. The van der Waals surface area contributed by atoms with E-state index in [2.05, 4.69) is 10.4 Å². The third kappa shape index (κ3) is 5.53. The molecule has 1 heterocycles. The Balaban J connectivity index is 1.49. The average molecular weight is 406 g/mol. The first-order valence-corrected chi connectivity index (χ1v) is 9.02. The predicted molar refractivity (Wildman–Crippen MR) is 101 cm³/mol. The zero-order chi connectivity index (χ0) is 19.9. The second-order valence-electron chi connectivity index (χ2n) is 6.09. The van der Waals surface area contributed by atoms with E-state index < -0.39 is 11.6 Å². The molecule has 0 fully saturated rings. The Bertz CT molecular complexity index is 962. The Morgan fingerprint density at radius 1 is 1.21 bits per heavy atom. The minimum absolute atomic E-state index is 0.0463. The van der Waals surface area contributed by atoms with Crippen LogP contribution in [0, 0.1) is 11.6 Å². The summed E-state index contributed by atoms with van der Waals surface area (Å²) in [5.74, 6) is -1.70. The van der Waals surface area contributed by atoms with Crippen molar-refractivity contribution in [1.29, 1.82) is 0 Å². The van der Waals surface area contributed by atoms with Gasteiger partial charge in [0.25, 0.3) is 5.91 Å². The molecule has 0 aliphatic rings. The maximum atomic E-state index is 13.6. The number of amides is 1. The van der Waals surface area contributed by atoms with E-state index in [1.165, 1.54) is 6.07 Å². The largest absolute Gasteiger partial charge is 0.486 e. The Kier molecular flexibility index (Phi) is 6.60. The lowest BCUT2D eigenvalue weighted by atomic mass is 10.1. The summed E-state index contributed by atoms with van der Waals surface area (Å²) in [5, 5.41) is 7.48. The van der Waals surface area contributed by atoms with Gasteiger partial charge >= 0.3 is 0 Å². The summed E-state index contributed by atoms with van der Waals surface area (Å²) in [4.78, 5) is 12.3. The summed E-state index contributed by atoms with van der Waals surface area (Å²) in [6.45, 7) is 1.19. The molecule has 8 heteroatoms. The molecule has 1 aromatic heterocycles. The summed E-state index contributed by atoms with van der Waals surface area (Å²) in [6, 6.07) is 9.96. The van der Waals surface area contributed by atoms with Gasteiger partial charge in [-0.3, -0.25) is 9.48 Å². The third-order valence-corrected chi connectivity index (χ3v) is 4.12. The molecule has 28 heavy (non-hydrogen) atoms. The molecule has 1 amide bonds. The Morgan fingerprint density at radius 3 is 2.82 bits per heavy atom. The van der Waals surface area contributed by atoms with E-state index >= 15 is 0 Å². The number of aromatic nitrogens is 2. The van der Waals surface area contributed by atoms with Gasteiger partial charge in [0.15, 0.2) is 11.6 Å². The maximum Gasteiger partial charge on any atom is 0.251 e. The number of ether oxygens (including phenoxy) is 1. The molecule has 5 nitrogen and oxygen atoms in total. The molecule has 3 rings (SSSR count). The standard InChI is InChI=1S/C20H18ClF2N3O2/c21-16-11-25-26(12-16)8-2-7-24-20(27)15-4-1-3-14(9-15)13-28-19-6-5-17(22)10-18(19)23/h1,3-6,9-12H,2,7-8,13H2,(H,24,27). The number of hydrogen-bond acceptors (Lipinski definition) is 3. The van der Waals surface area contributed by atoms with Crippen LogP contribution in [-0.2, 0) is 13.2 Å². The van der Waals surface area contributed by atoms with Gasteiger partial charge in [-0.2, -0.15) is 5.10 Å².